The molecule has 26 heavy (non-hydrogen) atoms. The summed E-state index contributed by atoms with van der Waals surface area (Å²) in [7, 11) is 0. The lowest BCUT2D eigenvalue weighted by molar-refractivity contribution is -0.122. The molecule has 4 rings (SSSR count). The van der Waals surface area contributed by atoms with Crippen molar-refractivity contribution < 1.29 is 14.7 Å². The predicted molar refractivity (Wildman–Crippen MR) is 98.9 cm³/mol. The highest BCUT2D eigenvalue weighted by Crippen LogP contribution is 2.32. The minimum atomic E-state index is -0.497. The third-order valence-electron chi connectivity index (χ3n) is 4.58. The van der Waals surface area contributed by atoms with Crippen molar-refractivity contribution in [3.8, 4) is 5.75 Å². The van der Waals surface area contributed by atoms with Gasteiger partial charge in [-0.05, 0) is 23.6 Å². The van der Waals surface area contributed by atoms with Crippen LogP contribution in [0.5, 0.6) is 5.75 Å². The zero-order chi connectivity index (χ0) is 18.1. The number of nitrogens with zero attached hydrogens (tertiary/aromatic N) is 2. The van der Waals surface area contributed by atoms with Gasteiger partial charge in [0.05, 0.1) is 11.6 Å². The van der Waals surface area contributed by atoms with Crippen molar-refractivity contribution in [2.45, 2.75) is 6.42 Å². The van der Waals surface area contributed by atoms with Gasteiger partial charge in [-0.15, -0.1) is 0 Å². The number of carbonyl (C=O) groups is 2. The van der Waals surface area contributed by atoms with Crippen LogP contribution in [0.25, 0.3) is 10.8 Å². The molecule has 1 saturated heterocycles. The van der Waals surface area contributed by atoms with Crippen molar-refractivity contribution >= 4 is 34.1 Å². The summed E-state index contributed by atoms with van der Waals surface area (Å²) in [6.45, 7) is 0.298. The molecule has 1 atom stereocenters. The maximum Gasteiger partial charge on any atom is 0.231 e. The molecule has 0 bridgehead atoms. The van der Waals surface area contributed by atoms with Crippen LogP contribution in [-0.2, 0) is 9.59 Å². The number of anilines is 2. The summed E-state index contributed by atoms with van der Waals surface area (Å²) in [5, 5.41) is 14.4. The first-order valence-corrected chi connectivity index (χ1v) is 8.36. The second kappa shape index (κ2) is 6.48. The summed E-state index contributed by atoms with van der Waals surface area (Å²) in [4.78, 5) is 30.6. The molecular formula is C20H17N3O3. The maximum absolute atomic E-state index is 12.5. The highest BCUT2D eigenvalue weighted by Gasteiger charge is 2.36. The molecule has 6 nitrogen and oxygen atoms in total. The van der Waals surface area contributed by atoms with Gasteiger partial charge in [0, 0.05) is 24.5 Å². The van der Waals surface area contributed by atoms with E-state index < -0.39 is 5.92 Å². The van der Waals surface area contributed by atoms with Crippen LogP contribution >= 0.6 is 0 Å². The Morgan fingerprint density at radius 1 is 1.12 bits per heavy atom. The van der Waals surface area contributed by atoms with Crippen molar-refractivity contribution in [2.75, 3.05) is 16.8 Å². The van der Waals surface area contributed by atoms with Crippen LogP contribution in [0.4, 0.5) is 11.5 Å². The van der Waals surface area contributed by atoms with Crippen molar-refractivity contribution in [1.82, 2.24) is 4.98 Å². The minimum absolute atomic E-state index is 0.0910. The van der Waals surface area contributed by atoms with Crippen molar-refractivity contribution in [1.29, 1.82) is 0 Å². The van der Waals surface area contributed by atoms with Crippen LogP contribution in [0.15, 0.2) is 60.8 Å². The SMILES string of the molecule is O=C(Nc1ncccc1O)C1CC(=O)N(c2cccc3ccccc23)C1. The van der Waals surface area contributed by atoms with Crippen molar-refractivity contribution in [3.63, 3.8) is 0 Å². The molecule has 2 heterocycles. The lowest BCUT2D eigenvalue weighted by atomic mass is 10.1. The van der Waals surface area contributed by atoms with Gasteiger partial charge in [0.15, 0.2) is 11.6 Å². The fourth-order valence-electron chi connectivity index (χ4n) is 3.27. The minimum Gasteiger partial charge on any atom is -0.504 e. The average Bonchev–Trinajstić information content (AvgIpc) is 3.05. The molecule has 3 aromatic rings. The molecule has 2 N–H and O–H groups in total. The van der Waals surface area contributed by atoms with Gasteiger partial charge >= 0.3 is 0 Å². The number of amides is 2. The summed E-state index contributed by atoms with van der Waals surface area (Å²) in [6, 6.07) is 16.7. The monoisotopic (exact) mass is 347 g/mol. The van der Waals surface area contributed by atoms with Gasteiger partial charge < -0.3 is 15.3 Å². The van der Waals surface area contributed by atoms with Crippen LogP contribution in [0, 0.1) is 5.92 Å². The number of rotatable bonds is 3. The van der Waals surface area contributed by atoms with Crippen LogP contribution in [0.3, 0.4) is 0 Å². The van der Waals surface area contributed by atoms with E-state index in [-0.39, 0.29) is 29.8 Å². The summed E-state index contributed by atoms with van der Waals surface area (Å²) in [5.41, 5.74) is 0.809. The van der Waals surface area contributed by atoms with Crippen molar-refractivity contribution in [2.24, 2.45) is 5.92 Å². The Hall–Kier alpha value is -3.41. The van der Waals surface area contributed by atoms with E-state index in [1.807, 2.05) is 42.5 Å². The Morgan fingerprint density at radius 2 is 1.92 bits per heavy atom. The zero-order valence-electron chi connectivity index (χ0n) is 13.9. The normalized spacial score (nSPS) is 16.8. The Labute approximate surface area is 150 Å². The molecule has 6 heteroatoms. The lowest BCUT2D eigenvalue weighted by Gasteiger charge is -2.19. The second-order valence-electron chi connectivity index (χ2n) is 6.26. The van der Waals surface area contributed by atoms with E-state index in [0.717, 1.165) is 16.5 Å². The van der Waals surface area contributed by atoms with Gasteiger partial charge in [-0.2, -0.15) is 0 Å². The van der Waals surface area contributed by atoms with E-state index in [9.17, 15) is 14.7 Å². The Balaban J connectivity index is 1.57. The molecule has 1 aliphatic rings. The Morgan fingerprint density at radius 3 is 2.77 bits per heavy atom. The molecule has 2 amide bonds. The van der Waals surface area contributed by atoms with Gasteiger partial charge in [0.2, 0.25) is 11.8 Å². The van der Waals surface area contributed by atoms with Gasteiger partial charge in [0.1, 0.15) is 0 Å². The van der Waals surface area contributed by atoms with E-state index >= 15 is 0 Å². The lowest BCUT2D eigenvalue weighted by Crippen LogP contribution is -2.28. The molecule has 1 aliphatic heterocycles. The number of hydrogen-bond acceptors (Lipinski definition) is 4. The predicted octanol–water partition coefficient (Wildman–Crippen LogP) is 2.93. The topological polar surface area (TPSA) is 82.5 Å². The Kier molecular flexibility index (Phi) is 4.01. The quantitative estimate of drug-likeness (QED) is 0.763. The van der Waals surface area contributed by atoms with E-state index in [2.05, 4.69) is 10.3 Å². The van der Waals surface area contributed by atoms with Gasteiger partial charge in [-0.25, -0.2) is 4.98 Å². The number of benzene rings is 2. The van der Waals surface area contributed by atoms with Gasteiger partial charge in [-0.1, -0.05) is 36.4 Å². The molecular weight excluding hydrogens is 330 g/mol. The summed E-state index contributed by atoms with van der Waals surface area (Å²) < 4.78 is 0. The van der Waals surface area contributed by atoms with Crippen LogP contribution < -0.4 is 10.2 Å². The van der Waals surface area contributed by atoms with E-state index in [1.165, 1.54) is 12.3 Å². The fourth-order valence-corrected chi connectivity index (χ4v) is 3.27. The molecule has 1 aromatic heterocycles. The molecule has 0 saturated carbocycles. The highest BCUT2D eigenvalue weighted by atomic mass is 16.3. The van der Waals surface area contributed by atoms with Gasteiger partial charge in [0.25, 0.3) is 0 Å². The standard InChI is InChI=1S/C20H17N3O3/c24-17-9-4-10-21-19(17)22-20(26)14-11-18(25)23(12-14)16-8-3-6-13-5-1-2-7-15(13)16/h1-10,14,24H,11-12H2,(H,21,22,26). The van der Waals surface area contributed by atoms with Crippen LogP contribution in [0.2, 0.25) is 0 Å². The molecule has 2 aromatic carbocycles. The fraction of sp³-hybridized carbons (Fsp3) is 0.150. The number of pyridine rings is 1. The number of fused-ring (bicyclic) bond motifs is 1. The first kappa shape index (κ1) is 16.1. The molecule has 1 unspecified atom stereocenters. The maximum atomic E-state index is 12.5. The second-order valence-corrected chi connectivity index (χ2v) is 6.26. The average molecular weight is 347 g/mol. The third kappa shape index (κ3) is 2.86. The number of nitrogens with one attached hydrogen (secondary N) is 1. The molecule has 130 valence electrons. The Bertz CT molecular complexity index is 997. The van der Waals surface area contributed by atoms with Crippen LogP contribution in [0.1, 0.15) is 6.42 Å². The molecule has 0 aliphatic carbocycles. The first-order valence-electron chi connectivity index (χ1n) is 8.36. The molecule has 0 spiro atoms. The number of aromatic hydroxyl groups is 1. The largest absolute Gasteiger partial charge is 0.504 e. The molecule has 1 fully saturated rings. The smallest absolute Gasteiger partial charge is 0.231 e. The summed E-state index contributed by atoms with van der Waals surface area (Å²) >= 11 is 0. The first-order chi connectivity index (χ1) is 12.6. The summed E-state index contributed by atoms with van der Waals surface area (Å²) in [6.07, 6.45) is 1.61. The number of hydrogen-bond donors (Lipinski definition) is 2. The third-order valence-corrected chi connectivity index (χ3v) is 4.58. The highest BCUT2D eigenvalue weighted by molar-refractivity contribution is 6.08. The van der Waals surface area contributed by atoms with E-state index in [0.29, 0.717) is 6.54 Å². The van der Waals surface area contributed by atoms with Gasteiger partial charge in [-0.3, -0.25) is 9.59 Å². The summed E-state index contributed by atoms with van der Waals surface area (Å²) in [5.74, 6) is -0.908. The number of carbonyl (C=O) groups excluding carboxylic acids is 2. The zero-order valence-corrected chi connectivity index (χ0v) is 13.9. The van der Waals surface area contributed by atoms with Crippen molar-refractivity contribution in [3.05, 3.63) is 60.8 Å². The van der Waals surface area contributed by atoms with E-state index in [1.54, 1.807) is 11.0 Å². The van der Waals surface area contributed by atoms with E-state index in [4.69, 9.17) is 0 Å². The van der Waals surface area contributed by atoms with Crippen LogP contribution in [-0.4, -0.2) is 28.4 Å². The number of aromatic nitrogens is 1. The molecule has 0 radical (unpaired) electrons.